The van der Waals surface area contributed by atoms with Crippen molar-refractivity contribution >= 4 is 5.57 Å². The summed E-state index contributed by atoms with van der Waals surface area (Å²) in [6.45, 7) is 10.7. The number of aromatic amines is 1. The molecule has 0 saturated carbocycles. The fourth-order valence-electron chi connectivity index (χ4n) is 2.07. The van der Waals surface area contributed by atoms with Crippen LogP contribution in [0.15, 0.2) is 6.20 Å². The fourth-order valence-corrected chi connectivity index (χ4v) is 2.07. The molecule has 6 heteroatoms. The predicted octanol–water partition coefficient (Wildman–Crippen LogP) is 1.87. The van der Waals surface area contributed by atoms with E-state index < -0.39 is 0 Å². The van der Waals surface area contributed by atoms with E-state index in [0.29, 0.717) is 11.4 Å². The van der Waals surface area contributed by atoms with Crippen LogP contribution < -0.4 is 5.32 Å². The standard InChI is InChI=1S/C12H20N6/c1-11(2,3)8-12(4,5)14-7-9(6-13)10-15-17-18-16-10/h7,14H,8H2,1-5H3,(H,15,16,17,18)/b9-7+. The van der Waals surface area contributed by atoms with Crippen molar-refractivity contribution in [1.82, 2.24) is 25.9 Å². The molecule has 98 valence electrons. The van der Waals surface area contributed by atoms with Crippen molar-refractivity contribution in [3.05, 3.63) is 12.0 Å². The molecule has 1 aromatic rings. The molecule has 0 aliphatic heterocycles. The molecule has 0 radical (unpaired) electrons. The van der Waals surface area contributed by atoms with Crippen LogP contribution in [0.2, 0.25) is 0 Å². The Labute approximate surface area is 107 Å². The summed E-state index contributed by atoms with van der Waals surface area (Å²) in [5, 5.41) is 25.6. The van der Waals surface area contributed by atoms with Crippen molar-refractivity contribution in [2.75, 3.05) is 0 Å². The third kappa shape index (κ3) is 4.53. The Hall–Kier alpha value is -1.90. The number of hydrogen-bond donors (Lipinski definition) is 2. The molecule has 0 spiro atoms. The van der Waals surface area contributed by atoms with E-state index in [1.807, 2.05) is 0 Å². The molecule has 2 N–H and O–H groups in total. The number of nitrogens with zero attached hydrogens (tertiary/aromatic N) is 4. The summed E-state index contributed by atoms with van der Waals surface area (Å²) < 4.78 is 0. The van der Waals surface area contributed by atoms with Gasteiger partial charge in [0, 0.05) is 11.7 Å². The van der Waals surface area contributed by atoms with Crippen LogP contribution in [-0.2, 0) is 0 Å². The molecule has 6 nitrogen and oxygen atoms in total. The van der Waals surface area contributed by atoms with Gasteiger partial charge in [-0.25, -0.2) is 0 Å². The normalized spacial score (nSPS) is 13.2. The predicted molar refractivity (Wildman–Crippen MR) is 69.1 cm³/mol. The SMILES string of the molecule is CC(C)(C)CC(C)(C)N/C=C(\C#N)c1nn[nH]n1. The molecule has 1 heterocycles. The first-order valence-electron chi connectivity index (χ1n) is 5.85. The lowest BCUT2D eigenvalue weighted by Gasteiger charge is -2.32. The molecule has 1 aromatic heterocycles. The Morgan fingerprint density at radius 2 is 2.06 bits per heavy atom. The summed E-state index contributed by atoms with van der Waals surface area (Å²) in [5.74, 6) is 0.302. The zero-order valence-electron chi connectivity index (χ0n) is 11.6. The van der Waals surface area contributed by atoms with Crippen LogP contribution in [0.5, 0.6) is 0 Å². The number of rotatable bonds is 4. The molecule has 0 unspecified atom stereocenters. The molecular weight excluding hydrogens is 228 g/mol. The second kappa shape index (κ2) is 5.17. The van der Waals surface area contributed by atoms with Gasteiger partial charge in [0.05, 0.1) is 0 Å². The number of allylic oxidation sites excluding steroid dienone is 1. The molecule has 0 aliphatic rings. The monoisotopic (exact) mass is 248 g/mol. The van der Waals surface area contributed by atoms with Crippen molar-refractivity contribution in [3.8, 4) is 6.07 Å². The van der Waals surface area contributed by atoms with E-state index in [1.165, 1.54) is 0 Å². The highest BCUT2D eigenvalue weighted by atomic mass is 15.5. The minimum absolute atomic E-state index is 0.107. The van der Waals surface area contributed by atoms with Crippen LogP contribution in [0.3, 0.4) is 0 Å². The van der Waals surface area contributed by atoms with E-state index in [-0.39, 0.29) is 11.0 Å². The summed E-state index contributed by atoms with van der Waals surface area (Å²) in [6, 6.07) is 2.05. The Morgan fingerprint density at radius 3 is 2.50 bits per heavy atom. The zero-order chi connectivity index (χ0) is 13.8. The lowest BCUT2D eigenvalue weighted by molar-refractivity contribution is 0.261. The molecule has 0 fully saturated rings. The van der Waals surface area contributed by atoms with Gasteiger partial charge in [0.25, 0.3) is 0 Å². The van der Waals surface area contributed by atoms with E-state index >= 15 is 0 Å². The highest BCUT2D eigenvalue weighted by Gasteiger charge is 2.24. The molecule has 0 amide bonds. The summed E-state index contributed by atoms with van der Waals surface area (Å²) >= 11 is 0. The summed E-state index contributed by atoms with van der Waals surface area (Å²) in [6.07, 6.45) is 2.62. The van der Waals surface area contributed by atoms with Gasteiger partial charge in [0.15, 0.2) is 0 Å². The maximum Gasteiger partial charge on any atom is 0.216 e. The molecular formula is C12H20N6. The second-order valence-corrected chi connectivity index (χ2v) is 6.17. The lowest BCUT2D eigenvalue weighted by Crippen LogP contribution is -2.39. The van der Waals surface area contributed by atoms with Crippen LogP contribution in [0.1, 0.15) is 46.9 Å². The second-order valence-electron chi connectivity index (χ2n) is 6.17. The number of nitrogens with one attached hydrogen (secondary N) is 2. The van der Waals surface area contributed by atoms with Gasteiger partial charge in [0.2, 0.25) is 5.82 Å². The number of tetrazole rings is 1. The molecule has 18 heavy (non-hydrogen) atoms. The van der Waals surface area contributed by atoms with Crippen LogP contribution in [0.4, 0.5) is 0 Å². The first-order valence-corrected chi connectivity index (χ1v) is 5.85. The summed E-state index contributed by atoms with van der Waals surface area (Å²) in [5.41, 5.74) is 0.471. The highest BCUT2D eigenvalue weighted by molar-refractivity contribution is 5.71. The average Bonchev–Trinajstić information content (AvgIpc) is 2.68. The highest BCUT2D eigenvalue weighted by Crippen LogP contribution is 2.26. The molecule has 1 rings (SSSR count). The Balaban J connectivity index is 2.76. The van der Waals surface area contributed by atoms with Crippen molar-refractivity contribution in [3.63, 3.8) is 0 Å². The Kier molecular flexibility index (Phi) is 4.07. The molecule has 0 atom stereocenters. The van der Waals surface area contributed by atoms with E-state index in [1.54, 1.807) is 6.20 Å². The Bertz CT molecular complexity index is 444. The topological polar surface area (TPSA) is 90.3 Å². The first-order chi connectivity index (χ1) is 8.23. The molecule has 0 bridgehead atoms. The number of aromatic nitrogens is 4. The number of H-pyrrole nitrogens is 1. The lowest BCUT2D eigenvalue weighted by atomic mass is 9.82. The fraction of sp³-hybridized carbons (Fsp3) is 0.667. The minimum Gasteiger partial charge on any atom is -0.385 e. The van der Waals surface area contributed by atoms with E-state index in [4.69, 9.17) is 5.26 Å². The molecule has 0 saturated heterocycles. The van der Waals surface area contributed by atoms with Gasteiger partial charge < -0.3 is 5.32 Å². The van der Waals surface area contributed by atoms with Crippen LogP contribution in [-0.4, -0.2) is 26.2 Å². The van der Waals surface area contributed by atoms with Crippen molar-refractivity contribution in [2.24, 2.45) is 5.41 Å². The minimum atomic E-state index is -0.107. The van der Waals surface area contributed by atoms with Crippen LogP contribution >= 0.6 is 0 Å². The van der Waals surface area contributed by atoms with Gasteiger partial charge in [0.1, 0.15) is 11.6 Å². The van der Waals surface area contributed by atoms with Crippen LogP contribution in [0.25, 0.3) is 5.57 Å². The van der Waals surface area contributed by atoms with Gasteiger partial charge in [-0.15, -0.1) is 10.2 Å². The third-order valence-electron chi connectivity index (χ3n) is 2.29. The van der Waals surface area contributed by atoms with Gasteiger partial charge in [-0.3, -0.25) is 0 Å². The molecule has 0 aromatic carbocycles. The quantitative estimate of drug-likeness (QED) is 0.794. The molecule has 0 aliphatic carbocycles. The zero-order valence-corrected chi connectivity index (χ0v) is 11.6. The third-order valence-corrected chi connectivity index (χ3v) is 2.29. The van der Waals surface area contributed by atoms with Gasteiger partial charge >= 0.3 is 0 Å². The smallest absolute Gasteiger partial charge is 0.216 e. The summed E-state index contributed by atoms with van der Waals surface area (Å²) in [4.78, 5) is 0. The van der Waals surface area contributed by atoms with Gasteiger partial charge in [-0.1, -0.05) is 20.8 Å². The van der Waals surface area contributed by atoms with Gasteiger partial charge in [-0.05, 0) is 30.9 Å². The first kappa shape index (κ1) is 14.2. The average molecular weight is 248 g/mol. The van der Waals surface area contributed by atoms with E-state index in [0.717, 1.165) is 6.42 Å². The number of nitriles is 1. The van der Waals surface area contributed by atoms with Gasteiger partial charge in [-0.2, -0.15) is 10.5 Å². The maximum atomic E-state index is 9.05. The van der Waals surface area contributed by atoms with E-state index in [2.05, 4.69) is 66.6 Å². The van der Waals surface area contributed by atoms with Crippen molar-refractivity contribution < 1.29 is 0 Å². The number of hydrogen-bond acceptors (Lipinski definition) is 5. The largest absolute Gasteiger partial charge is 0.385 e. The van der Waals surface area contributed by atoms with E-state index in [9.17, 15) is 0 Å². The maximum absolute atomic E-state index is 9.05. The summed E-state index contributed by atoms with van der Waals surface area (Å²) in [7, 11) is 0. The van der Waals surface area contributed by atoms with Crippen LogP contribution in [0, 0.1) is 16.7 Å². The Morgan fingerprint density at radius 1 is 1.39 bits per heavy atom. The van der Waals surface area contributed by atoms with Crippen molar-refractivity contribution in [2.45, 2.75) is 46.6 Å². The van der Waals surface area contributed by atoms with Crippen molar-refractivity contribution in [1.29, 1.82) is 5.26 Å².